The summed E-state index contributed by atoms with van der Waals surface area (Å²) in [4.78, 5) is 83.3. The molecular formula is C59H64N8O8Si. The number of nitrogen functional groups attached to an aromatic ring is 1. The number of carbonyl (C=O) groups is 4. The van der Waals surface area contributed by atoms with E-state index in [1.165, 1.54) is 14.2 Å². The number of rotatable bonds is 8. The quantitative estimate of drug-likeness (QED) is 0.0875. The Kier molecular flexibility index (Phi) is 12.2. The summed E-state index contributed by atoms with van der Waals surface area (Å²) in [5.74, 6) is -1.71. The summed E-state index contributed by atoms with van der Waals surface area (Å²) in [5.41, 5.74) is 13.7. The Bertz CT molecular complexity index is 3830. The normalized spacial score (nSPS) is 19.2. The molecule has 1 atom stereocenters. The summed E-state index contributed by atoms with van der Waals surface area (Å²) in [6.45, 7) is 25.4. The van der Waals surface area contributed by atoms with E-state index in [4.69, 9.17) is 49.3 Å². The summed E-state index contributed by atoms with van der Waals surface area (Å²) in [6, 6.07) is 24.2. The second-order valence-electron chi connectivity index (χ2n) is 24.0. The lowest BCUT2D eigenvalue weighted by atomic mass is 9.85. The molecule has 0 spiro atoms. The molecule has 1 unspecified atom stereocenters. The van der Waals surface area contributed by atoms with Gasteiger partial charge in [0, 0.05) is 43.8 Å². The average Bonchev–Trinajstić information content (AvgIpc) is 4.08. The van der Waals surface area contributed by atoms with Gasteiger partial charge in [0.25, 0.3) is 5.97 Å². The molecule has 4 bridgehead atoms. The maximum Gasteiger partial charge on any atom is 0.572 e. The topological polar surface area (TPSA) is 203 Å². The van der Waals surface area contributed by atoms with Gasteiger partial charge in [-0.1, -0.05) is 132 Å². The van der Waals surface area contributed by atoms with Crippen LogP contribution in [0.3, 0.4) is 0 Å². The molecule has 2 aromatic heterocycles. The smallest absolute Gasteiger partial charge is 0.477 e. The Hall–Kier alpha value is -7.79. The molecule has 76 heavy (non-hydrogen) atoms. The number of methoxy groups -OCH3 is 2. The lowest BCUT2D eigenvalue weighted by Gasteiger charge is -2.35. The molecule has 6 heterocycles. The molecule has 4 aromatic carbocycles. The molecule has 4 aliphatic rings. The van der Waals surface area contributed by atoms with Crippen molar-refractivity contribution in [3.05, 3.63) is 134 Å². The molecule has 10 rings (SSSR count). The molecule has 16 nitrogen and oxygen atoms in total. The fourth-order valence-electron chi connectivity index (χ4n) is 10.1. The Labute approximate surface area is 442 Å². The van der Waals surface area contributed by atoms with Gasteiger partial charge < -0.3 is 24.4 Å². The van der Waals surface area contributed by atoms with Gasteiger partial charge in [-0.25, -0.2) is 25.0 Å². The Morgan fingerprint density at radius 1 is 0.474 bits per heavy atom. The van der Waals surface area contributed by atoms with Crippen molar-refractivity contribution in [2.45, 2.75) is 130 Å². The van der Waals surface area contributed by atoms with Crippen LogP contribution >= 0.6 is 0 Å². The Morgan fingerprint density at radius 2 is 0.921 bits per heavy atom. The summed E-state index contributed by atoms with van der Waals surface area (Å²) in [5, 5.41) is 2.18. The highest BCUT2D eigenvalue weighted by Crippen LogP contribution is 2.47. The van der Waals surface area contributed by atoms with Crippen LogP contribution in [0.1, 0.15) is 153 Å². The van der Waals surface area contributed by atoms with Gasteiger partial charge in [-0.05, 0) is 68.2 Å². The van der Waals surface area contributed by atoms with E-state index in [1.54, 1.807) is 8.47 Å². The van der Waals surface area contributed by atoms with Crippen molar-refractivity contribution in [1.82, 2.24) is 8.47 Å². The van der Waals surface area contributed by atoms with Crippen LogP contribution in [0.5, 0.6) is 0 Å². The van der Waals surface area contributed by atoms with Crippen molar-refractivity contribution in [2.75, 3.05) is 20.0 Å². The predicted octanol–water partition coefficient (Wildman–Crippen LogP) is 9.47. The highest BCUT2D eigenvalue weighted by molar-refractivity contribution is 6.81. The van der Waals surface area contributed by atoms with Crippen LogP contribution < -0.4 is 16.7 Å². The van der Waals surface area contributed by atoms with Crippen molar-refractivity contribution < 1.29 is 37.8 Å². The molecule has 0 amide bonds. The molecule has 2 N–H and O–H groups in total. The number of amidine groups is 3. The fraction of sp³-hybridized carbons (Fsp3) is 0.373. The molecule has 17 heteroatoms. The van der Waals surface area contributed by atoms with E-state index in [0.29, 0.717) is 61.3 Å². The minimum atomic E-state index is -5.30. The maximum atomic E-state index is 15.4. The number of carbonyl (C=O) groups excluding carboxylic acids is 4. The highest BCUT2D eigenvalue weighted by atomic mass is 28.4. The first kappa shape index (κ1) is 51.7. The highest BCUT2D eigenvalue weighted by Gasteiger charge is 2.60. The van der Waals surface area contributed by atoms with Crippen LogP contribution in [0.15, 0.2) is 103 Å². The SMILES string of the molecule is COC(=O)CCC(=O)O/C1=C2N=C(/N=c3/c4ccc(C(C)(C)C)cc4/c4n3[Si]1(OC(=O)CCC(=O)OC)n1c(N)c3cc(C(C)(C)C)ccc3c1/N=C1N=C(/N=4)c3ccc(C(C)(C)C)cc3\1)c1cc(C(C)(C)C)ccc1/2. The number of esters is 3. The lowest BCUT2D eigenvalue weighted by Crippen LogP contribution is -2.65. The second-order valence-corrected chi connectivity index (χ2v) is 26.8. The standard InChI is InChI=1S/C59H64N8O8Si/c1-56(2,3)31-17-21-37-39(27-31)48(60)66-52(37)65-51-41-29-33(58(7,8)9)16-20-36(41)49(62-51)63-54-42-30-34(59(10,11)12)18-22-38(42)53-64-50-40-28-32(57(4,5)6)15-19-35(40)47(61-50)55(74-45(70)25-23-43(68)72-13)76(66,67(53)54)75-46(71)26-24-44(69)73-14/h15-22,27-30H,23-26,60H2,1-14H3/b55-47-,63-54+,64-53-,65-51-. The molecule has 0 radical (unpaired) electrons. The number of benzene rings is 4. The van der Waals surface area contributed by atoms with Crippen LogP contribution in [-0.2, 0) is 59.5 Å². The van der Waals surface area contributed by atoms with Gasteiger partial charge in [-0.2, -0.15) is 0 Å². The largest absolute Gasteiger partial charge is 0.572 e. The molecule has 0 aliphatic carbocycles. The lowest BCUT2D eigenvalue weighted by molar-refractivity contribution is -0.146. The monoisotopic (exact) mass is 1040 g/mol. The van der Waals surface area contributed by atoms with E-state index in [1.807, 2.05) is 54.6 Å². The van der Waals surface area contributed by atoms with Gasteiger partial charge in [0.05, 0.1) is 39.9 Å². The van der Waals surface area contributed by atoms with Crippen LogP contribution in [-0.4, -0.2) is 72.7 Å². The van der Waals surface area contributed by atoms with Crippen molar-refractivity contribution in [3.63, 3.8) is 0 Å². The van der Waals surface area contributed by atoms with Gasteiger partial charge in [-0.15, -0.1) is 0 Å². The van der Waals surface area contributed by atoms with Crippen molar-refractivity contribution in [3.8, 4) is 0 Å². The van der Waals surface area contributed by atoms with Crippen LogP contribution in [0, 0.1) is 0 Å². The zero-order valence-electron chi connectivity index (χ0n) is 45.7. The number of hydrogen-bond donors (Lipinski definition) is 1. The zero-order valence-corrected chi connectivity index (χ0v) is 46.7. The van der Waals surface area contributed by atoms with Gasteiger partial charge in [0.1, 0.15) is 28.3 Å². The third-order valence-corrected chi connectivity index (χ3v) is 18.1. The summed E-state index contributed by atoms with van der Waals surface area (Å²) >= 11 is 0. The minimum absolute atomic E-state index is 0.110. The van der Waals surface area contributed by atoms with E-state index in [9.17, 15) is 14.4 Å². The molecular weight excluding hydrogens is 977 g/mol. The zero-order chi connectivity index (χ0) is 54.8. The number of hydrogen-bond acceptors (Lipinski definition) is 14. The molecule has 6 aromatic rings. The summed E-state index contributed by atoms with van der Waals surface area (Å²) in [7, 11) is -2.81. The first-order valence-electron chi connectivity index (χ1n) is 25.6. The van der Waals surface area contributed by atoms with E-state index in [2.05, 4.69) is 101 Å². The minimum Gasteiger partial charge on any atom is -0.477 e. The second kappa shape index (κ2) is 17.9. The molecule has 0 saturated carbocycles. The third-order valence-electron chi connectivity index (χ3n) is 14.6. The molecule has 0 saturated heterocycles. The Morgan fingerprint density at radius 3 is 1.49 bits per heavy atom. The van der Waals surface area contributed by atoms with Gasteiger partial charge >= 0.3 is 26.5 Å². The van der Waals surface area contributed by atoms with Gasteiger partial charge in [-0.3, -0.25) is 27.6 Å². The number of aromatic nitrogens is 2. The van der Waals surface area contributed by atoms with Gasteiger partial charge in [0.2, 0.25) is 5.38 Å². The van der Waals surface area contributed by atoms with Crippen molar-refractivity contribution >= 4 is 88.9 Å². The molecule has 4 aliphatic heterocycles. The average molecular weight is 1040 g/mol. The summed E-state index contributed by atoms with van der Waals surface area (Å²) < 4.78 is 27.7. The molecule has 0 fully saturated rings. The summed E-state index contributed by atoms with van der Waals surface area (Å²) in [6.07, 6.45) is -1.56. The van der Waals surface area contributed by atoms with Gasteiger partial charge in [0.15, 0.2) is 17.5 Å². The third kappa shape index (κ3) is 8.57. The van der Waals surface area contributed by atoms with E-state index in [0.717, 1.165) is 22.3 Å². The number of aliphatic imine (C=N–C) groups is 3. The molecule has 392 valence electrons. The van der Waals surface area contributed by atoms with Crippen LogP contribution in [0.25, 0.3) is 27.2 Å². The number of fused-ring (bicyclic) bond motifs is 15. The number of anilines is 1. The van der Waals surface area contributed by atoms with Crippen molar-refractivity contribution in [1.29, 1.82) is 0 Å². The van der Waals surface area contributed by atoms with E-state index in [-0.39, 0.29) is 68.2 Å². The van der Waals surface area contributed by atoms with Crippen molar-refractivity contribution in [2.24, 2.45) is 25.0 Å². The van der Waals surface area contributed by atoms with Crippen LogP contribution in [0.4, 0.5) is 11.6 Å². The first-order chi connectivity index (χ1) is 35.6. The fourth-order valence-corrected chi connectivity index (χ4v) is 14.0. The predicted molar refractivity (Wildman–Crippen MR) is 296 cm³/mol. The number of ether oxygens (including phenoxy) is 3. The van der Waals surface area contributed by atoms with E-state index >= 15 is 4.79 Å². The first-order valence-corrected chi connectivity index (χ1v) is 27.4. The maximum absolute atomic E-state index is 15.4. The number of nitrogens with two attached hydrogens (primary N) is 1. The number of nitrogens with zero attached hydrogens (tertiary/aromatic N) is 7. The Balaban J connectivity index is 1.49. The van der Waals surface area contributed by atoms with Crippen LogP contribution in [0.2, 0.25) is 0 Å². The van der Waals surface area contributed by atoms with E-state index < -0.39 is 45.4 Å².